The van der Waals surface area contributed by atoms with Crippen molar-refractivity contribution in [3.05, 3.63) is 54.7 Å². The summed E-state index contributed by atoms with van der Waals surface area (Å²) in [5.41, 5.74) is 8.71. The number of hydrogen-bond acceptors (Lipinski definition) is 11. The van der Waals surface area contributed by atoms with Crippen LogP contribution in [-0.4, -0.2) is 80.1 Å². The molecule has 1 fully saturated rings. The predicted octanol–water partition coefficient (Wildman–Crippen LogP) is 7.50. The van der Waals surface area contributed by atoms with Crippen molar-refractivity contribution in [1.29, 1.82) is 0 Å². The van der Waals surface area contributed by atoms with Crippen molar-refractivity contribution in [3.8, 4) is 28.3 Å². The largest absolute Gasteiger partial charge is 0.497 e. The molecule has 278 valence electrons. The number of guanidine groups is 1. The Morgan fingerprint density at radius 2 is 1.63 bits per heavy atom. The number of amides is 2. The fraction of sp³-hybridized carbons (Fsp3) is 0.474. The van der Waals surface area contributed by atoms with Gasteiger partial charge in [0.15, 0.2) is 0 Å². The highest BCUT2D eigenvalue weighted by Gasteiger charge is 2.34. The minimum atomic E-state index is -0.950. The van der Waals surface area contributed by atoms with Crippen LogP contribution < -0.4 is 21.1 Å². The quantitative estimate of drug-likeness (QED) is 0.0799. The highest BCUT2D eigenvalue weighted by Crippen LogP contribution is 2.36. The van der Waals surface area contributed by atoms with E-state index in [4.69, 9.17) is 30.0 Å². The van der Waals surface area contributed by atoms with Crippen molar-refractivity contribution in [3.63, 3.8) is 0 Å². The number of pyridine rings is 1. The second-order valence-electron chi connectivity index (χ2n) is 14.7. The van der Waals surface area contributed by atoms with Gasteiger partial charge in [-0.3, -0.25) is 4.99 Å². The lowest BCUT2D eigenvalue weighted by Gasteiger charge is -2.27. The summed E-state index contributed by atoms with van der Waals surface area (Å²) in [4.78, 5) is 40.1. The highest BCUT2D eigenvalue weighted by atomic mass is 16.6. The SMILES string of the molecule is COc1ccc(-c2nn3c(NCCCCN=C(N)N(C(=O)OC(C)(C)C)C(=O)OC(C)(C)C)cccc3c2-c2ccnc(NC3CCCC3)n2)cc1. The fourth-order valence-corrected chi connectivity index (χ4v) is 5.82. The molecule has 0 radical (unpaired) electrons. The maximum Gasteiger partial charge on any atom is 0.427 e. The van der Waals surface area contributed by atoms with E-state index in [1.165, 1.54) is 12.8 Å². The van der Waals surface area contributed by atoms with E-state index in [1.54, 1.807) is 54.8 Å². The second kappa shape index (κ2) is 16.3. The first-order valence-electron chi connectivity index (χ1n) is 17.8. The molecule has 2 amide bonds. The van der Waals surface area contributed by atoms with Gasteiger partial charge in [0, 0.05) is 30.9 Å². The second-order valence-corrected chi connectivity index (χ2v) is 14.7. The summed E-state index contributed by atoms with van der Waals surface area (Å²) in [7, 11) is 1.65. The van der Waals surface area contributed by atoms with Gasteiger partial charge in [-0.25, -0.2) is 24.1 Å². The van der Waals surface area contributed by atoms with Crippen LogP contribution in [-0.2, 0) is 9.47 Å². The Labute approximate surface area is 305 Å². The van der Waals surface area contributed by atoms with Gasteiger partial charge in [0.2, 0.25) is 11.9 Å². The molecule has 4 N–H and O–H groups in total. The Kier molecular flexibility index (Phi) is 11.9. The van der Waals surface area contributed by atoms with Gasteiger partial charge in [-0.1, -0.05) is 18.9 Å². The molecule has 4 aromatic rings. The van der Waals surface area contributed by atoms with Gasteiger partial charge < -0.3 is 30.6 Å². The van der Waals surface area contributed by atoms with Crippen LogP contribution in [0, 0.1) is 0 Å². The van der Waals surface area contributed by atoms with Crippen molar-refractivity contribution in [1.82, 2.24) is 24.5 Å². The van der Waals surface area contributed by atoms with E-state index in [0.29, 0.717) is 36.3 Å². The number of hydrogen-bond donors (Lipinski definition) is 3. The number of nitrogens with one attached hydrogen (secondary N) is 2. The number of nitrogens with two attached hydrogens (primary N) is 1. The van der Waals surface area contributed by atoms with E-state index in [-0.39, 0.29) is 12.5 Å². The van der Waals surface area contributed by atoms with Crippen molar-refractivity contribution in [2.45, 2.75) is 97.3 Å². The third-order valence-corrected chi connectivity index (χ3v) is 8.17. The molecule has 0 atom stereocenters. The van der Waals surface area contributed by atoms with E-state index in [1.807, 2.05) is 53.0 Å². The number of aromatic nitrogens is 4. The fourth-order valence-electron chi connectivity index (χ4n) is 5.82. The summed E-state index contributed by atoms with van der Waals surface area (Å²) in [5.74, 6) is 1.89. The average molecular weight is 714 g/mol. The monoisotopic (exact) mass is 713 g/mol. The first kappa shape index (κ1) is 37.8. The molecule has 14 heteroatoms. The number of ether oxygens (including phenoxy) is 3. The molecule has 14 nitrogen and oxygen atoms in total. The summed E-state index contributed by atoms with van der Waals surface area (Å²) in [6.07, 6.45) is 5.89. The molecule has 5 rings (SSSR count). The molecule has 0 unspecified atom stereocenters. The van der Waals surface area contributed by atoms with Crippen molar-refractivity contribution >= 4 is 35.4 Å². The number of carbonyl (C=O) groups is 2. The first-order chi connectivity index (χ1) is 24.7. The van der Waals surface area contributed by atoms with Gasteiger partial charge in [-0.2, -0.15) is 5.10 Å². The number of fused-ring (bicyclic) bond motifs is 1. The third-order valence-electron chi connectivity index (χ3n) is 8.17. The molecule has 1 aliphatic carbocycles. The lowest BCUT2D eigenvalue weighted by atomic mass is 10.0. The zero-order chi connectivity index (χ0) is 37.5. The van der Waals surface area contributed by atoms with Gasteiger partial charge in [0.05, 0.1) is 23.9 Å². The molecular formula is C38H51N9O5. The van der Waals surface area contributed by atoms with Gasteiger partial charge in [-0.15, -0.1) is 4.90 Å². The standard InChI is InChI=1S/C38H51N9O5/c1-37(2,3)51-35(48)46(36(49)52-38(4,5)6)33(39)41-23-11-10-22-40-30-16-12-15-29-31(28-21-24-42-34(44-28)43-26-13-8-9-14-26)32(45-47(29)30)25-17-19-27(50-7)20-18-25/h12,15-21,24,26,40H,8-11,13-14,22-23H2,1-7H3,(H2,39,41)(H,42,43,44). The zero-order valence-corrected chi connectivity index (χ0v) is 31.2. The molecule has 1 aromatic carbocycles. The molecule has 3 aromatic heterocycles. The molecule has 3 heterocycles. The van der Waals surface area contributed by atoms with Crippen LogP contribution in [0.4, 0.5) is 21.4 Å². The van der Waals surface area contributed by atoms with Crippen LogP contribution >= 0.6 is 0 Å². The minimum absolute atomic E-state index is 0.276. The number of unbranched alkanes of at least 4 members (excludes halogenated alkanes) is 1. The van der Waals surface area contributed by atoms with Gasteiger partial charge in [0.1, 0.15) is 28.5 Å². The smallest absolute Gasteiger partial charge is 0.427 e. The van der Waals surface area contributed by atoms with E-state index in [0.717, 1.165) is 52.4 Å². The van der Waals surface area contributed by atoms with Crippen LogP contribution in [0.3, 0.4) is 0 Å². The Hall–Kier alpha value is -5.40. The predicted molar refractivity (Wildman–Crippen MR) is 203 cm³/mol. The molecular weight excluding hydrogens is 662 g/mol. The number of benzene rings is 1. The van der Waals surface area contributed by atoms with E-state index >= 15 is 0 Å². The number of imide groups is 1. The van der Waals surface area contributed by atoms with Crippen LogP contribution in [0.15, 0.2) is 59.7 Å². The number of carbonyl (C=O) groups excluding carboxylic acids is 2. The Bertz CT molecular complexity index is 1840. The molecule has 0 spiro atoms. The lowest BCUT2D eigenvalue weighted by Crippen LogP contribution is -2.50. The third kappa shape index (κ3) is 9.89. The normalized spacial score (nSPS) is 13.9. The summed E-state index contributed by atoms with van der Waals surface area (Å²) in [6.45, 7) is 11.1. The Morgan fingerprint density at radius 1 is 0.962 bits per heavy atom. The zero-order valence-electron chi connectivity index (χ0n) is 31.2. The van der Waals surface area contributed by atoms with Crippen LogP contribution in [0.2, 0.25) is 0 Å². The molecule has 1 aliphatic rings. The summed E-state index contributed by atoms with van der Waals surface area (Å²) in [6, 6.07) is 16.1. The van der Waals surface area contributed by atoms with E-state index in [9.17, 15) is 9.59 Å². The minimum Gasteiger partial charge on any atom is -0.497 e. The van der Waals surface area contributed by atoms with Crippen molar-refractivity contribution < 1.29 is 23.8 Å². The maximum atomic E-state index is 12.9. The average Bonchev–Trinajstić information content (AvgIpc) is 3.73. The summed E-state index contributed by atoms with van der Waals surface area (Å²) in [5, 5.41) is 12.1. The van der Waals surface area contributed by atoms with Crippen molar-refractivity contribution in [2.24, 2.45) is 10.7 Å². The number of aliphatic imine (C=N–C) groups is 1. The first-order valence-corrected chi connectivity index (χ1v) is 17.8. The van der Waals surface area contributed by atoms with Crippen LogP contribution in [0.25, 0.3) is 28.0 Å². The molecule has 1 saturated carbocycles. The van der Waals surface area contributed by atoms with Crippen LogP contribution in [0.1, 0.15) is 80.1 Å². The maximum absolute atomic E-state index is 12.9. The molecule has 0 bridgehead atoms. The topological polar surface area (TPSA) is 171 Å². The van der Waals surface area contributed by atoms with Crippen LogP contribution in [0.5, 0.6) is 5.75 Å². The summed E-state index contributed by atoms with van der Waals surface area (Å²) < 4.78 is 18.1. The number of methoxy groups -OCH3 is 1. The Morgan fingerprint density at radius 3 is 2.27 bits per heavy atom. The molecule has 52 heavy (non-hydrogen) atoms. The van der Waals surface area contributed by atoms with E-state index < -0.39 is 23.4 Å². The van der Waals surface area contributed by atoms with Gasteiger partial charge in [-0.05, 0) is 110 Å². The lowest BCUT2D eigenvalue weighted by molar-refractivity contribution is 0.0145. The molecule has 0 aliphatic heterocycles. The molecule has 0 saturated heterocycles. The van der Waals surface area contributed by atoms with Gasteiger partial charge >= 0.3 is 12.2 Å². The highest BCUT2D eigenvalue weighted by molar-refractivity contribution is 6.07. The van der Waals surface area contributed by atoms with Crippen molar-refractivity contribution in [2.75, 3.05) is 30.8 Å². The van der Waals surface area contributed by atoms with E-state index in [2.05, 4.69) is 20.6 Å². The number of rotatable bonds is 11. The number of anilines is 2. The number of nitrogens with zero attached hydrogens (tertiary/aromatic N) is 6. The summed E-state index contributed by atoms with van der Waals surface area (Å²) >= 11 is 0. The van der Waals surface area contributed by atoms with Gasteiger partial charge in [0.25, 0.3) is 0 Å². The Balaban J connectivity index is 1.32.